The molecule has 0 aromatic heterocycles. The van der Waals surface area contributed by atoms with Crippen LogP contribution >= 0.6 is 12.2 Å². The zero-order valence-electron chi connectivity index (χ0n) is 7.65. The average Bonchev–Trinajstić information content (AvgIpc) is 2.11. The van der Waals surface area contributed by atoms with Crippen LogP contribution in [0.15, 0.2) is 0 Å². The topological polar surface area (TPSA) is 98.5 Å². The molecule has 0 radical (unpaired) electrons. The first-order chi connectivity index (χ1) is 6.37. The van der Waals surface area contributed by atoms with Crippen molar-refractivity contribution in [1.29, 1.82) is 0 Å². The number of carbonyl (C=O) groups is 1. The van der Waals surface area contributed by atoms with Gasteiger partial charge in [-0.15, -0.1) is 0 Å². The van der Waals surface area contributed by atoms with Crippen molar-refractivity contribution in [3.05, 3.63) is 0 Å². The van der Waals surface area contributed by atoms with Gasteiger partial charge in [-0.3, -0.25) is 4.79 Å². The molecular formula is C6H12N2O4S2. The number of esters is 1. The van der Waals surface area contributed by atoms with Crippen molar-refractivity contribution in [3.8, 4) is 0 Å². The Morgan fingerprint density at radius 2 is 2.14 bits per heavy atom. The van der Waals surface area contributed by atoms with Gasteiger partial charge >= 0.3 is 5.97 Å². The van der Waals surface area contributed by atoms with Crippen LogP contribution in [0.1, 0.15) is 6.42 Å². The fourth-order valence-electron chi connectivity index (χ4n) is 0.573. The number of sulfonamides is 1. The Balaban J connectivity index is 3.96. The van der Waals surface area contributed by atoms with Gasteiger partial charge in [0.1, 0.15) is 0 Å². The molecule has 0 aliphatic rings. The van der Waals surface area contributed by atoms with Crippen molar-refractivity contribution in [3.63, 3.8) is 0 Å². The Kier molecular flexibility index (Phi) is 5.58. The standard InChI is InChI=1S/C6H12N2O4S2/c1-12-6(9)2-3-14(10,11)8-4-5(7)13/h8H,2-4H2,1H3,(H2,7,13). The lowest BCUT2D eigenvalue weighted by atomic mass is 10.5. The van der Waals surface area contributed by atoms with Crippen molar-refractivity contribution in [1.82, 2.24) is 4.72 Å². The van der Waals surface area contributed by atoms with Gasteiger partial charge in [-0.2, -0.15) is 0 Å². The van der Waals surface area contributed by atoms with Crippen molar-refractivity contribution >= 4 is 33.2 Å². The molecule has 0 aromatic carbocycles. The van der Waals surface area contributed by atoms with E-state index in [1.807, 2.05) is 0 Å². The molecular weight excluding hydrogens is 228 g/mol. The Labute approximate surface area is 87.8 Å². The smallest absolute Gasteiger partial charge is 0.306 e. The molecule has 8 heteroatoms. The van der Waals surface area contributed by atoms with Gasteiger partial charge in [-0.1, -0.05) is 12.2 Å². The molecule has 14 heavy (non-hydrogen) atoms. The van der Waals surface area contributed by atoms with E-state index in [9.17, 15) is 13.2 Å². The molecule has 6 nitrogen and oxygen atoms in total. The number of hydrogen-bond acceptors (Lipinski definition) is 5. The lowest BCUT2D eigenvalue weighted by Crippen LogP contribution is -2.34. The fraction of sp³-hybridized carbons (Fsp3) is 0.667. The van der Waals surface area contributed by atoms with E-state index in [1.165, 1.54) is 7.11 Å². The van der Waals surface area contributed by atoms with Gasteiger partial charge in [0.2, 0.25) is 10.0 Å². The summed E-state index contributed by atoms with van der Waals surface area (Å²) in [6.07, 6.45) is -0.191. The molecule has 0 saturated heterocycles. The second kappa shape index (κ2) is 5.89. The third-order valence-corrected chi connectivity index (χ3v) is 2.74. The van der Waals surface area contributed by atoms with Gasteiger partial charge in [0.25, 0.3) is 0 Å². The van der Waals surface area contributed by atoms with E-state index in [0.717, 1.165) is 0 Å². The first-order valence-corrected chi connectivity index (χ1v) is 5.76. The van der Waals surface area contributed by atoms with Crippen LogP contribution in [0, 0.1) is 0 Å². The lowest BCUT2D eigenvalue weighted by Gasteiger charge is -2.04. The van der Waals surface area contributed by atoms with E-state index in [-0.39, 0.29) is 23.7 Å². The second-order valence-corrected chi connectivity index (χ2v) is 4.88. The second-order valence-electron chi connectivity index (χ2n) is 2.43. The first-order valence-electron chi connectivity index (χ1n) is 3.70. The lowest BCUT2D eigenvalue weighted by molar-refractivity contribution is -0.140. The number of carbonyl (C=O) groups excluding carboxylic acids is 1. The molecule has 0 rings (SSSR count). The maximum Gasteiger partial charge on any atom is 0.306 e. The quantitative estimate of drug-likeness (QED) is 0.445. The number of ether oxygens (including phenoxy) is 1. The minimum absolute atomic E-state index is 0.0478. The summed E-state index contributed by atoms with van der Waals surface area (Å²) in [7, 11) is -2.31. The highest BCUT2D eigenvalue weighted by molar-refractivity contribution is 7.89. The molecule has 0 aliphatic heterocycles. The normalized spacial score (nSPS) is 10.9. The Morgan fingerprint density at radius 3 is 2.57 bits per heavy atom. The molecule has 0 amide bonds. The molecule has 0 atom stereocenters. The van der Waals surface area contributed by atoms with Crippen LogP contribution in [0.25, 0.3) is 0 Å². The van der Waals surface area contributed by atoms with Crippen molar-refractivity contribution in [2.75, 3.05) is 19.4 Å². The molecule has 3 N–H and O–H groups in total. The van der Waals surface area contributed by atoms with Crippen molar-refractivity contribution in [2.24, 2.45) is 5.73 Å². The van der Waals surface area contributed by atoms with E-state index in [0.29, 0.717) is 0 Å². The zero-order chi connectivity index (χ0) is 11.2. The monoisotopic (exact) mass is 240 g/mol. The van der Waals surface area contributed by atoms with Crippen LogP contribution in [-0.2, 0) is 19.6 Å². The van der Waals surface area contributed by atoms with Gasteiger partial charge in [0.05, 0.1) is 30.8 Å². The Hall–Kier alpha value is -0.730. The first kappa shape index (κ1) is 13.3. The summed E-state index contributed by atoms with van der Waals surface area (Å²) in [4.78, 5) is 10.7. The SMILES string of the molecule is COC(=O)CCS(=O)(=O)NCC(N)=S. The maximum atomic E-state index is 11.1. The summed E-state index contributed by atoms with van der Waals surface area (Å²) in [5.41, 5.74) is 5.09. The van der Waals surface area contributed by atoms with E-state index in [1.54, 1.807) is 0 Å². The van der Waals surface area contributed by atoms with Gasteiger partial charge in [0.15, 0.2) is 0 Å². The Bertz CT molecular complexity index is 312. The van der Waals surface area contributed by atoms with E-state index >= 15 is 0 Å². The number of methoxy groups -OCH3 is 1. The van der Waals surface area contributed by atoms with Crippen LogP contribution in [0.3, 0.4) is 0 Å². The number of nitrogens with one attached hydrogen (secondary N) is 1. The highest BCUT2D eigenvalue weighted by Gasteiger charge is 2.12. The average molecular weight is 240 g/mol. The van der Waals surface area contributed by atoms with Crippen molar-refractivity contribution < 1.29 is 17.9 Å². The fourth-order valence-corrected chi connectivity index (χ4v) is 1.69. The van der Waals surface area contributed by atoms with Gasteiger partial charge in [-0.05, 0) is 0 Å². The summed E-state index contributed by atoms with van der Waals surface area (Å²) in [5.74, 6) is -0.909. The van der Waals surface area contributed by atoms with Crippen molar-refractivity contribution in [2.45, 2.75) is 6.42 Å². The van der Waals surface area contributed by atoms with Crippen LogP contribution in [0.4, 0.5) is 0 Å². The number of rotatable bonds is 6. The van der Waals surface area contributed by atoms with Crippen LogP contribution in [0.5, 0.6) is 0 Å². The van der Waals surface area contributed by atoms with E-state index < -0.39 is 16.0 Å². The molecule has 0 fully saturated rings. The molecule has 82 valence electrons. The van der Waals surface area contributed by atoms with Crippen LogP contribution < -0.4 is 10.5 Å². The summed E-state index contributed by atoms with van der Waals surface area (Å²) < 4.78 is 28.7. The molecule has 0 bridgehead atoms. The minimum atomic E-state index is -3.50. The zero-order valence-corrected chi connectivity index (χ0v) is 9.28. The molecule has 0 spiro atoms. The van der Waals surface area contributed by atoms with E-state index in [2.05, 4.69) is 21.7 Å². The summed E-state index contributed by atoms with van der Waals surface area (Å²) >= 11 is 4.48. The predicted octanol–water partition coefficient (Wildman–Crippen LogP) is -1.24. The largest absolute Gasteiger partial charge is 0.469 e. The minimum Gasteiger partial charge on any atom is -0.469 e. The maximum absolute atomic E-state index is 11.1. The Morgan fingerprint density at radius 1 is 1.57 bits per heavy atom. The molecule has 0 saturated carbocycles. The third kappa shape index (κ3) is 6.75. The number of thiocarbonyl (C=S) groups is 1. The molecule has 0 heterocycles. The third-order valence-electron chi connectivity index (χ3n) is 1.27. The number of hydrogen-bond donors (Lipinski definition) is 2. The van der Waals surface area contributed by atoms with Gasteiger partial charge in [0, 0.05) is 0 Å². The highest BCUT2D eigenvalue weighted by Crippen LogP contribution is 1.91. The summed E-state index contributed by atoms with van der Waals surface area (Å²) in [6, 6.07) is 0. The highest BCUT2D eigenvalue weighted by atomic mass is 32.2. The van der Waals surface area contributed by atoms with Crippen LogP contribution in [0.2, 0.25) is 0 Å². The molecule has 0 unspecified atom stereocenters. The summed E-state index contributed by atoms with van der Waals surface area (Å²) in [6.45, 7) is -0.0984. The van der Waals surface area contributed by atoms with Crippen LogP contribution in [-0.4, -0.2) is 38.8 Å². The molecule has 0 aromatic rings. The van der Waals surface area contributed by atoms with E-state index in [4.69, 9.17) is 5.73 Å². The molecule has 0 aliphatic carbocycles. The van der Waals surface area contributed by atoms with Gasteiger partial charge in [-0.25, -0.2) is 13.1 Å². The predicted molar refractivity (Wildman–Crippen MR) is 55.2 cm³/mol. The van der Waals surface area contributed by atoms with Gasteiger partial charge < -0.3 is 10.5 Å². The summed E-state index contributed by atoms with van der Waals surface area (Å²) in [5, 5.41) is 0. The number of nitrogens with two attached hydrogens (primary N) is 1.